The van der Waals surface area contributed by atoms with Crippen molar-refractivity contribution in [3.8, 4) is 11.5 Å². The molecule has 2 aromatic rings. The Kier molecular flexibility index (Phi) is 3.40. The van der Waals surface area contributed by atoms with E-state index in [2.05, 4.69) is 20.4 Å². The fourth-order valence-corrected chi connectivity index (χ4v) is 2.33. The van der Waals surface area contributed by atoms with Crippen molar-refractivity contribution in [1.82, 2.24) is 15.1 Å². The molecule has 0 atom stereocenters. The van der Waals surface area contributed by atoms with E-state index in [4.69, 9.17) is 9.63 Å². The van der Waals surface area contributed by atoms with E-state index in [1.54, 1.807) is 13.1 Å². The second kappa shape index (κ2) is 5.20. The lowest BCUT2D eigenvalue weighted by Gasteiger charge is -2.15. The molecule has 0 bridgehead atoms. The van der Waals surface area contributed by atoms with Gasteiger partial charge in [0.2, 0.25) is 0 Å². The highest BCUT2D eigenvalue weighted by Gasteiger charge is 2.41. The summed E-state index contributed by atoms with van der Waals surface area (Å²) in [5.41, 5.74) is 1.04. The molecule has 0 saturated heterocycles. The Hall–Kier alpha value is -1.95. The third-order valence-electron chi connectivity index (χ3n) is 3.80. The van der Waals surface area contributed by atoms with Gasteiger partial charge in [0.25, 0.3) is 5.89 Å². The van der Waals surface area contributed by atoms with Crippen LogP contribution >= 0.6 is 0 Å². The Labute approximate surface area is 117 Å². The second-order valence-corrected chi connectivity index (χ2v) is 5.37. The molecular weight excluding hydrogens is 256 g/mol. The summed E-state index contributed by atoms with van der Waals surface area (Å²) in [5.74, 6) is 1.83. The van der Waals surface area contributed by atoms with Gasteiger partial charge in [-0.15, -0.1) is 0 Å². The highest BCUT2D eigenvalue weighted by atomic mass is 16.5. The Bertz CT molecular complexity index is 592. The predicted molar refractivity (Wildman–Crippen MR) is 74.1 cm³/mol. The fraction of sp³-hybridized carbons (Fsp3) is 0.500. The van der Waals surface area contributed by atoms with Crippen LogP contribution in [0.1, 0.15) is 25.1 Å². The maximum absolute atomic E-state index is 9.10. The summed E-state index contributed by atoms with van der Waals surface area (Å²) in [6, 6.07) is 3.76. The molecule has 2 aromatic heterocycles. The maximum Gasteiger partial charge on any atom is 0.261 e. The van der Waals surface area contributed by atoms with Crippen LogP contribution in [0.4, 0.5) is 5.82 Å². The van der Waals surface area contributed by atoms with Crippen LogP contribution in [0, 0.1) is 12.3 Å². The molecule has 2 heterocycles. The van der Waals surface area contributed by atoms with Gasteiger partial charge >= 0.3 is 0 Å². The number of aryl methyl sites for hydroxylation is 1. The molecule has 1 saturated carbocycles. The molecule has 0 unspecified atom stereocenters. The van der Waals surface area contributed by atoms with Gasteiger partial charge in [-0.2, -0.15) is 4.98 Å². The minimum absolute atomic E-state index is 0.230. The van der Waals surface area contributed by atoms with Crippen molar-refractivity contribution in [2.24, 2.45) is 5.41 Å². The number of nitrogens with zero attached hydrogens (tertiary/aromatic N) is 3. The molecule has 0 aromatic carbocycles. The van der Waals surface area contributed by atoms with Crippen molar-refractivity contribution < 1.29 is 9.63 Å². The van der Waals surface area contributed by atoms with Crippen LogP contribution < -0.4 is 5.32 Å². The van der Waals surface area contributed by atoms with E-state index in [0.29, 0.717) is 11.7 Å². The van der Waals surface area contributed by atoms with E-state index in [1.807, 2.05) is 12.1 Å². The first-order chi connectivity index (χ1) is 9.72. The van der Waals surface area contributed by atoms with Gasteiger partial charge in [0, 0.05) is 19.3 Å². The van der Waals surface area contributed by atoms with Crippen molar-refractivity contribution in [3.63, 3.8) is 0 Å². The molecule has 1 fully saturated rings. The molecule has 0 amide bonds. The Balaban J connectivity index is 1.77. The Morgan fingerprint density at radius 2 is 2.30 bits per heavy atom. The SMILES string of the molecule is Cc1noc(-c2cccnc2NCC2(CCO)CC2)n1. The van der Waals surface area contributed by atoms with Gasteiger partial charge in [0.1, 0.15) is 5.82 Å². The molecule has 6 heteroatoms. The largest absolute Gasteiger partial charge is 0.396 e. The maximum atomic E-state index is 9.10. The number of aromatic nitrogens is 3. The third-order valence-corrected chi connectivity index (χ3v) is 3.80. The van der Waals surface area contributed by atoms with Crippen molar-refractivity contribution in [2.45, 2.75) is 26.2 Å². The quantitative estimate of drug-likeness (QED) is 0.838. The van der Waals surface area contributed by atoms with Gasteiger partial charge in [-0.25, -0.2) is 4.98 Å². The summed E-state index contributed by atoms with van der Waals surface area (Å²) in [7, 11) is 0. The minimum Gasteiger partial charge on any atom is -0.396 e. The number of anilines is 1. The molecular formula is C14H18N4O2. The molecule has 0 spiro atoms. The van der Waals surface area contributed by atoms with Crippen molar-refractivity contribution in [1.29, 1.82) is 0 Å². The first-order valence-corrected chi connectivity index (χ1v) is 6.83. The fourth-order valence-electron chi connectivity index (χ4n) is 2.33. The van der Waals surface area contributed by atoms with E-state index in [0.717, 1.165) is 37.2 Å². The highest BCUT2D eigenvalue weighted by molar-refractivity contribution is 5.68. The lowest BCUT2D eigenvalue weighted by Crippen LogP contribution is -2.17. The van der Waals surface area contributed by atoms with Crippen LogP contribution in [0.5, 0.6) is 0 Å². The van der Waals surface area contributed by atoms with E-state index in [-0.39, 0.29) is 12.0 Å². The van der Waals surface area contributed by atoms with Crippen molar-refractivity contribution in [3.05, 3.63) is 24.2 Å². The van der Waals surface area contributed by atoms with Crippen LogP contribution in [0.25, 0.3) is 11.5 Å². The van der Waals surface area contributed by atoms with Crippen LogP contribution in [0.15, 0.2) is 22.9 Å². The Morgan fingerprint density at radius 3 is 2.95 bits per heavy atom. The molecule has 1 aliphatic rings. The number of pyridine rings is 1. The molecule has 1 aliphatic carbocycles. The molecule has 2 N–H and O–H groups in total. The summed E-state index contributed by atoms with van der Waals surface area (Å²) >= 11 is 0. The molecule has 6 nitrogen and oxygen atoms in total. The van der Waals surface area contributed by atoms with Crippen molar-refractivity contribution in [2.75, 3.05) is 18.5 Å². The van der Waals surface area contributed by atoms with Gasteiger partial charge < -0.3 is 14.9 Å². The minimum atomic E-state index is 0.230. The third kappa shape index (κ3) is 2.65. The van der Waals surface area contributed by atoms with Gasteiger partial charge in [-0.05, 0) is 43.7 Å². The zero-order valence-corrected chi connectivity index (χ0v) is 11.5. The number of aliphatic hydroxyl groups excluding tert-OH is 1. The Morgan fingerprint density at radius 1 is 1.45 bits per heavy atom. The summed E-state index contributed by atoms with van der Waals surface area (Å²) in [6.07, 6.45) is 4.88. The normalized spacial score (nSPS) is 16.1. The lowest BCUT2D eigenvalue weighted by atomic mass is 10.0. The van der Waals surface area contributed by atoms with E-state index >= 15 is 0 Å². The number of aliphatic hydroxyl groups is 1. The zero-order chi connectivity index (χ0) is 14.0. The summed E-state index contributed by atoms with van der Waals surface area (Å²) < 4.78 is 5.20. The van der Waals surface area contributed by atoms with Gasteiger partial charge in [-0.3, -0.25) is 0 Å². The number of hydrogen-bond donors (Lipinski definition) is 2. The topological polar surface area (TPSA) is 84.1 Å². The summed E-state index contributed by atoms with van der Waals surface area (Å²) in [5, 5.41) is 16.3. The second-order valence-electron chi connectivity index (χ2n) is 5.37. The van der Waals surface area contributed by atoms with Gasteiger partial charge in [-0.1, -0.05) is 5.16 Å². The predicted octanol–water partition coefficient (Wildman–Crippen LogP) is 2.01. The lowest BCUT2D eigenvalue weighted by molar-refractivity contribution is 0.253. The first kappa shape index (κ1) is 13.1. The van der Waals surface area contributed by atoms with Crippen molar-refractivity contribution >= 4 is 5.82 Å². The number of rotatable bonds is 6. The average molecular weight is 274 g/mol. The molecule has 0 radical (unpaired) electrons. The average Bonchev–Trinajstić information content (AvgIpc) is 3.09. The number of hydrogen-bond acceptors (Lipinski definition) is 6. The smallest absolute Gasteiger partial charge is 0.261 e. The van der Waals surface area contributed by atoms with Crippen LogP contribution in [-0.4, -0.2) is 33.4 Å². The first-order valence-electron chi connectivity index (χ1n) is 6.83. The summed E-state index contributed by atoms with van der Waals surface area (Å²) in [6.45, 7) is 2.83. The molecule has 106 valence electrons. The van der Waals surface area contributed by atoms with Gasteiger partial charge in [0.05, 0.1) is 5.56 Å². The summed E-state index contributed by atoms with van der Waals surface area (Å²) in [4.78, 5) is 8.59. The highest BCUT2D eigenvalue weighted by Crippen LogP contribution is 2.48. The monoisotopic (exact) mass is 274 g/mol. The van der Waals surface area contributed by atoms with Crippen LogP contribution in [-0.2, 0) is 0 Å². The molecule has 0 aliphatic heterocycles. The van der Waals surface area contributed by atoms with E-state index < -0.39 is 0 Å². The van der Waals surface area contributed by atoms with E-state index in [9.17, 15) is 0 Å². The van der Waals surface area contributed by atoms with Crippen LogP contribution in [0.3, 0.4) is 0 Å². The van der Waals surface area contributed by atoms with Gasteiger partial charge in [0.15, 0.2) is 5.82 Å². The van der Waals surface area contributed by atoms with Crippen LogP contribution in [0.2, 0.25) is 0 Å². The molecule has 20 heavy (non-hydrogen) atoms. The zero-order valence-electron chi connectivity index (χ0n) is 11.5. The standard InChI is InChI=1S/C14H18N4O2/c1-10-17-13(20-18-10)11-3-2-7-15-12(11)16-9-14(4-5-14)6-8-19/h2-3,7,19H,4-6,8-9H2,1H3,(H,15,16). The number of nitrogens with one attached hydrogen (secondary N) is 1. The molecule has 3 rings (SSSR count). The van der Waals surface area contributed by atoms with E-state index in [1.165, 1.54) is 0 Å².